The van der Waals surface area contributed by atoms with Crippen LogP contribution in [0.1, 0.15) is 41.0 Å². The minimum Gasteiger partial charge on any atom is -0.361 e. The van der Waals surface area contributed by atoms with Gasteiger partial charge in [-0.25, -0.2) is 0 Å². The Kier molecular flexibility index (Phi) is 4.34. The topological polar surface area (TPSA) is 49.6 Å². The van der Waals surface area contributed by atoms with E-state index in [1.165, 1.54) is 11.1 Å². The first-order chi connectivity index (χ1) is 12.1. The highest BCUT2D eigenvalue weighted by molar-refractivity contribution is 5.83. The van der Waals surface area contributed by atoms with Crippen LogP contribution in [0.2, 0.25) is 0 Å². The van der Waals surface area contributed by atoms with Gasteiger partial charge in [-0.05, 0) is 44.2 Å². The minimum absolute atomic E-state index is 0.0956. The van der Waals surface area contributed by atoms with Crippen LogP contribution in [0.25, 0.3) is 0 Å². The molecule has 0 aliphatic carbocycles. The molecular weight excluding hydrogens is 314 g/mol. The first kappa shape index (κ1) is 16.3. The maximum atomic E-state index is 13.2. The Morgan fingerprint density at radius 3 is 2.60 bits per heavy atom. The highest BCUT2D eigenvalue weighted by atomic mass is 16.5. The van der Waals surface area contributed by atoms with Crippen molar-refractivity contribution in [2.45, 2.75) is 52.2 Å². The van der Waals surface area contributed by atoms with E-state index in [-0.39, 0.29) is 11.9 Å². The number of aromatic nitrogens is 1. The fourth-order valence-electron chi connectivity index (χ4n) is 4.07. The molecule has 0 bridgehead atoms. The molecule has 0 spiro atoms. The Hall–Kier alpha value is -2.14. The van der Waals surface area contributed by atoms with E-state index in [2.05, 4.69) is 34.3 Å². The van der Waals surface area contributed by atoms with Crippen LogP contribution in [-0.2, 0) is 24.3 Å². The molecule has 2 aliphatic heterocycles. The number of aryl methyl sites for hydroxylation is 2. The number of carbonyl (C=O) groups is 1. The average molecular weight is 339 g/mol. The van der Waals surface area contributed by atoms with Crippen molar-refractivity contribution in [2.24, 2.45) is 0 Å². The third-order valence-electron chi connectivity index (χ3n) is 5.59. The molecule has 0 N–H and O–H groups in total. The Morgan fingerprint density at radius 2 is 1.92 bits per heavy atom. The van der Waals surface area contributed by atoms with Gasteiger partial charge >= 0.3 is 0 Å². The number of hydrogen-bond donors (Lipinski definition) is 0. The molecule has 0 radical (unpaired) electrons. The van der Waals surface area contributed by atoms with Gasteiger partial charge < -0.3 is 9.42 Å². The van der Waals surface area contributed by atoms with Crippen LogP contribution in [0.5, 0.6) is 0 Å². The second kappa shape index (κ2) is 6.64. The van der Waals surface area contributed by atoms with Gasteiger partial charge in [0.05, 0.1) is 11.7 Å². The summed E-state index contributed by atoms with van der Waals surface area (Å²) in [5.74, 6) is 1.13. The summed E-state index contributed by atoms with van der Waals surface area (Å²) in [7, 11) is 0. The lowest BCUT2D eigenvalue weighted by atomic mass is 9.92. The molecule has 4 rings (SSSR count). The van der Waals surface area contributed by atoms with Gasteiger partial charge in [0, 0.05) is 31.7 Å². The molecule has 25 heavy (non-hydrogen) atoms. The molecule has 1 fully saturated rings. The predicted octanol–water partition coefficient (Wildman–Crippen LogP) is 2.84. The number of amides is 1. The molecule has 5 heteroatoms. The Bertz CT molecular complexity index is 757. The lowest BCUT2D eigenvalue weighted by Crippen LogP contribution is -2.50. The average Bonchev–Trinajstić information content (AvgIpc) is 3.26. The first-order valence-electron chi connectivity index (χ1n) is 9.15. The summed E-state index contributed by atoms with van der Waals surface area (Å²) in [5, 5.41) is 4.08. The van der Waals surface area contributed by atoms with Crippen molar-refractivity contribution >= 4 is 5.91 Å². The largest absolute Gasteiger partial charge is 0.361 e. The monoisotopic (exact) mass is 339 g/mol. The van der Waals surface area contributed by atoms with E-state index in [1.54, 1.807) is 0 Å². The lowest BCUT2D eigenvalue weighted by molar-refractivity contribution is -0.136. The number of fused-ring (bicyclic) bond motifs is 1. The van der Waals surface area contributed by atoms with Gasteiger partial charge in [0.25, 0.3) is 0 Å². The molecular formula is C20H25N3O2. The quantitative estimate of drug-likeness (QED) is 0.863. The smallest absolute Gasteiger partial charge is 0.240 e. The van der Waals surface area contributed by atoms with Gasteiger partial charge in [0.2, 0.25) is 5.91 Å². The zero-order valence-electron chi connectivity index (χ0n) is 15.0. The number of benzene rings is 1. The van der Waals surface area contributed by atoms with Crippen molar-refractivity contribution in [1.82, 2.24) is 15.0 Å². The number of hydrogen-bond acceptors (Lipinski definition) is 4. The van der Waals surface area contributed by atoms with Crippen LogP contribution >= 0.6 is 0 Å². The SMILES string of the molecule is Cc1noc(C)c1CN1Cc2ccccc2C[C@@H]1C(=O)N1CCCC1. The summed E-state index contributed by atoms with van der Waals surface area (Å²) in [6, 6.07) is 8.39. The molecule has 2 aromatic rings. The first-order valence-corrected chi connectivity index (χ1v) is 9.15. The number of likely N-dealkylation sites (tertiary alicyclic amines) is 1. The van der Waals surface area contributed by atoms with Crippen molar-refractivity contribution in [3.8, 4) is 0 Å². The highest BCUT2D eigenvalue weighted by Gasteiger charge is 2.35. The summed E-state index contributed by atoms with van der Waals surface area (Å²) >= 11 is 0. The zero-order chi connectivity index (χ0) is 17.4. The minimum atomic E-state index is -0.0956. The van der Waals surface area contributed by atoms with Crippen LogP contribution in [0.3, 0.4) is 0 Å². The van der Waals surface area contributed by atoms with E-state index < -0.39 is 0 Å². The summed E-state index contributed by atoms with van der Waals surface area (Å²) in [6.07, 6.45) is 3.03. The molecule has 132 valence electrons. The summed E-state index contributed by atoms with van der Waals surface area (Å²) in [6.45, 7) is 7.22. The summed E-state index contributed by atoms with van der Waals surface area (Å²) < 4.78 is 5.33. The van der Waals surface area contributed by atoms with Gasteiger partial charge in [-0.2, -0.15) is 0 Å². The van der Waals surface area contributed by atoms with Crippen molar-refractivity contribution in [2.75, 3.05) is 13.1 Å². The fourth-order valence-corrected chi connectivity index (χ4v) is 4.07. The molecule has 3 heterocycles. The van der Waals surface area contributed by atoms with Gasteiger partial charge in [0.1, 0.15) is 5.76 Å². The maximum absolute atomic E-state index is 13.2. The standard InChI is InChI=1S/C20H25N3O2/c1-14-18(15(2)25-21-14)13-23-12-17-8-4-3-7-16(17)11-19(23)20(24)22-9-5-6-10-22/h3-4,7-8,19H,5-6,9-13H2,1-2H3/t19-/m1/s1. The molecule has 1 atom stereocenters. The third-order valence-corrected chi connectivity index (χ3v) is 5.59. The van der Waals surface area contributed by atoms with Crippen molar-refractivity contribution in [3.63, 3.8) is 0 Å². The second-order valence-corrected chi connectivity index (χ2v) is 7.23. The van der Waals surface area contributed by atoms with Gasteiger partial charge in [-0.1, -0.05) is 29.4 Å². The Balaban J connectivity index is 1.64. The van der Waals surface area contributed by atoms with E-state index in [4.69, 9.17) is 4.52 Å². The zero-order valence-corrected chi connectivity index (χ0v) is 15.0. The number of rotatable bonds is 3. The van der Waals surface area contributed by atoms with Crippen LogP contribution in [0.15, 0.2) is 28.8 Å². The molecule has 1 saturated heterocycles. The van der Waals surface area contributed by atoms with Crippen LogP contribution in [-0.4, -0.2) is 40.0 Å². The molecule has 2 aliphatic rings. The predicted molar refractivity (Wildman–Crippen MR) is 95.0 cm³/mol. The van der Waals surface area contributed by atoms with Crippen LogP contribution in [0.4, 0.5) is 0 Å². The molecule has 0 unspecified atom stereocenters. The van der Waals surface area contributed by atoms with Crippen molar-refractivity contribution < 1.29 is 9.32 Å². The molecule has 1 aromatic carbocycles. The molecule has 0 saturated carbocycles. The van der Waals surface area contributed by atoms with E-state index in [9.17, 15) is 4.79 Å². The van der Waals surface area contributed by atoms with Crippen LogP contribution in [0, 0.1) is 13.8 Å². The van der Waals surface area contributed by atoms with E-state index >= 15 is 0 Å². The van der Waals surface area contributed by atoms with Gasteiger partial charge in [-0.15, -0.1) is 0 Å². The van der Waals surface area contributed by atoms with Gasteiger partial charge in [-0.3, -0.25) is 9.69 Å². The number of carbonyl (C=O) groups excluding carboxylic acids is 1. The Labute approximate surface area is 148 Å². The second-order valence-electron chi connectivity index (χ2n) is 7.23. The summed E-state index contributed by atoms with van der Waals surface area (Å²) in [4.78, 5) is 17.5. The van der Waals surface area contributed by atoms with E-state index in [0.29, 0.717) is 6.54 Å². The Morgan fingerprint density at radius 1 is 1.20 bits per heavy atom. The van der Waals surface area contributed by atoms with E-state index in [0.717, 1.165) is 55.9 Å². The third kappa shape index (κ3) is 3.09. The van der Waals surface area contributed by atoms with Crippen LogP contribution < -0.4 is 0 Å². The molecule has 1 aromatic heterocycles. The lowest BCUT2D eigenvalue weighted by Gasteiger charge is -2.37. The van der Waals surface area contributed by atoms with E-state index in [1.807, 2.05) is 18.7 Å². The highest BCUT2D eigenvalue weighted by Crippen LogP contribution is 2.28. The maximum Gasteiger partial charge on any atom is 0.240 e. The number of nitrogens with zero attached hydrogens (tertiary/aromatic N) is 3. The van der Waals surface area contributed by atoms with Gasteiger partial charge in [0.15, 0.2) is 0 Å². The molecule has 5 nitrogen and oxygen atoms in total. The van der Waals surface area contributed by atoms with Crippen molar-refractivity contribution in [1.29, 1.82) is 0 Å². The fraction of sp³-hybridized carbons (Fsp3) is 0.500. The molecule has 1 amide bonds. The summed E-state index contributed by atoms with van der Waals surface area (Å²) in [5.41, 5.74) is 4.65. The normalized spacial score (nSPS) is 20.7. The van der Waals surface area contributed by atoms with Crippen molar-refractivity contribution in [3.05, 3.63) is 52.4 Å².